The highest BCUT2D eigenvalue weighted by Gasteiger charge is 2.66. The van der Waals surface area contributed by atoms with Crippen molar-refractivity contribution in [1.29, 1.82) is 0 Å². The molecule has 0 saturated carbocycles. The first-order valence-corrected chi connectivity index (χ1v) is 17.7. The van der Waals surface area contributed by atoms with Crippen LogP contribution in [0.25, 0.3) is 0 Å². The Bertz CT molecular complexity index is 1380. The molecule has 4 atom stereocenters. The van der Waals surface area contributed by atoms with Crippen LogP contribution in [0.1, 0.15) is 50.2 Å². The second-order valence-electron chi connectivity index (χ2n) is 12.3. The van der Waals surface area contributed by atoms with Gasteiger partial charge in [-0.05, 0) is 68.3 Å². The quantitative estimate of drug-likeness (QED) is 0.381. The van der Waals surface area contributed by atoms with Crippen molar-refractivity contribution in [3.8, 4) is 0 Å². The third-order valence-corrected chi connectivity index (χ3v) is 11.9. The molecule has 1 N–H and O–H groups in total. The van der Waals surface area contributed by atoms with Crippen LogP contribution in [0.2, 0.25) is 18.6 Å². The highest BCUT2D eigenvalue weighted by Crippen LogP contribution is 2.60. The third kappa shape index (κ3) is 4.51. The Labute approximate surface area is 241 Å². The number of carbonyl (C=O) groups is 3. The van der Waals surface area contributed by atoms with E-state index >= 15 is 4.11 Å². The predicted octanol–water partition coefficient (Wildman–Crippen LogP) is 4.64. The summed E-state index contributed by atoms with van der Waals surface area (Å²) in [5, 5.41) is 9.82. The van der Waals surface area contributed by atoms with Crippen molar-refractivity contribution >= 4 is 43.2 Å². The highest BCUT2D eigenvalue weighted by atomic mass is 28.4. The molecule has 2 aromatic rings. The van der Waals surface area contributed by atoms with E-state index in [0.29, 0.717) is 37.2 Å². The zero-order valence-electron chi connectivity index (χ0n) is 23.9. The zero-order valence-corrected chi connectivity index (χ0v) is 24.9. The summed E-state index contributed by atoms with van der Waals surface area (Å²) < 4.78 is 22.5. The smallest absolute Gasteiger partial charge is 0.264 e. The van der Waals surface area contributed by atoms with Gasteiger partial charge in [0, 0.05) is 60.9 Å². The number of carbonyl (C=O) groups excluding carboxylic acids is 3. The minimum atomic E-state index is -3.31. The van der Waals surface area contributed by atoms with Gasteiger partial charge in [0.05, 0.1) is 18.3 Å². The Morgan fingerprint density at radius 1 is 0.976 bits per heavy atom. The summed E-state index contributed by atoms with van der Waals surface area (Å²) in [6.07, 6.45) is 2.33. The van der Waals surface area contributed by atoms with Crippen molar-refractivity contribution < 1.29 is 28.3 Å². The molecule has 3 fully saturated rings. The van der Waals surface area contributed by atoms with Crippen molar-refractivity contribution in [2.45, 2.75) is 75.9 Å². The fraction of sp³-hybridized carbons (Fsp3) is 0.516. The standard InChI is InChI=1S/C31H38FN3O5Si/c1-20-29(41(2,3)32)26(14-17-36)40-31(20)24-18-23(34-16-5-7-28(34)38)12-13-25(24)35(30(31)39)19-21-8-10-22(11-9-21)33-15-4-6-27(33)37/h8-13,18,20,26,29,36H,4-7,14-17,19H2,1-3H3/t20-,26+,29-,31+/m1/s1. The number of aliphatic hydroxyl groups is 1. The molecule has 6 rings (SSSR count). The average Bonchev–Trinajstić information content (AvgIpc) is 3.68. The van der Waals surface area contributed by atoms with E-state index in [1.54, 1.807) is 27.8 Å². The number of fused-ring (bicyclic) bond motifs is 2. The number of benzene rings is 2. The number of hydrogen-bond acceptors (Lipinski definition) is 5. The lowest BCUT2D eigenvalue weighted by Gasteiger charge is -2.31. The number of ether oxygens (including phenoxy) is 1. The second kappa shape index (κ2) is 10.3. The fourth-order valence-electron chi connectivity index (χ4n) is 7.56. The maximum atomic E-state index is 15.8. The molecular formula is C31H38FN3O5Si. The van der Waals surface area contributed by atoms with Gasteiger partial charge in [0.25, 0.3) is 5.91 Å². The van der Waals surface area contributed by atoms with Crippen LogP contribution in [0.5, 0.6) is 0 Å². The second-order valence-corrected chi connectivity index (χ2v) is 16.1. The van der Waals surface area contributed by atoms with Gasteiger partial charge in [-0.1, -0.05) is 19.1 Å². The van der Waals surface area contributed by atoms with Crippen molar-refractivity contribution in [3.63, 3.8) is 0 Å². The number of amides is 3. The third-order valence-electron chi connectivity index (χ3n) is 9.41. The Hall–Kier alpha value is -3.08. The topological polar surface area (TPSA) is 90.4 Å². The summed E-state index contributed by atoms with van der Waals surface area (Å²) in [4.78, 5) is 44.6. The minimum absolute atomic E-state index is 0.0467. The molecule has 3 saturated heterocycles. The number of rotatable bonds is 7. The van der Waals surface area contributed by atoms with Crippen LogP contribution in [-0.2, 0) is 31.3 Å². The van der Waals surface area contributed by atoms with Crippen LogP contribution in [0.15, 0.2) is 42.5 Å². The lowest BCUT2D eigenvalue weighted by atomic mass is 9.82. The van der Waals surface area contributed by atoms with Gasteiger partial charge in [0.1, 0.15) is 0 Å². The van der Waals surface area contributed by atoms with Crippen LogP contribution in [0.3, 0.4) is 0 Å². The first-order chi connectivity index (χ1) is 19.6. The minimum Gasteiger partial charge on any atom is -0.396 e. The van der Waals surface area contributed by atoms with Crippen LogP contribution >= 0.6 is 0 Å². The van der Waals surface area contributed by atoms with E-state index in [4.69, 9.17) is 4.74 Å². The van der Waals surface area contributed by atoms with Crippen molar-refractivity contribution in [1.82, 2.24) is 0 Å². The largest absolute Gasteiger partial charge is 0.396 e. The van der Waals surface area contributed by atoms with E-state index < -0.39 is 31.6 Å². The van der Waals surface area contributed by atoms with Gasteiger partial charge in [-0.15, -0.1) is 0 Å². The first-order valence-electron chi connectivity index (χ1n) is 14.7. The molecule has 0 aromatic heterocycles. The summed E-state index contributed by atoms with van der Waals surface area (Å²) in [5.41, 5.74) is 1.92. The molecule has 4 heterocycles. The molecule has 4 aliphatic heterocycles. The SMILES string of the molecule is C[C@@H]1[C@@H]([Si](C)(C)F)[C@H](CCO)O[C@@]12C(=O)N(Cc1ccc(N3CCCC3=O)cc1)c1ccc(N3CCCC3=O)cc12. The molecule has 0 unspecified atom stereocenters. The van der Waals surface area contributed by atoms with E-state index in [-0.39, 0.29) is 37.3 Å². The van der Waals surface area contributed by atoms with Gasteiger partial charge < -0.3 is 28.7 Å². The molecular weight excluding hydrogens is 541 g/mol. The van der Waals surface area contributed by atoms with Gasteiger partial charge >= 0.3 is 0 Å². The number of hydrogen-bond donors (Lipinski definition) is 1. The Morgan fingerprint density at radius 2 is 1.59 bits per heavy atom. The van der Waals surface area contributed by atoms with Crippen LogP contribution in [0.4, 0.5) is 21.2 Å². The lowest BCUT2D eigenvalue weighted by Crippen LogP contribution is -2.45. The molecule has 0 radical (unpaired) electrons. The molecule has 2 aromatic carbocycles. The van der Waals surface area contributed by atoms with Crippen molar-refractivity contribution in [2.75, 3.05) is 34.4 Å². The normalized spacial score (nSPS) is 28.1. The lowest BCUT2D eigenvalue weighted by molar-refractivity contribution is -0.146. The van der Waals surface area contributed by atoms with Gasteiger partial charge in [-0.2, -0.15) is 0 Å². The summed E-state index contributed by atoms with van der Waals surface area (Å²) in [5.74, 6) is -0.540. The Kier molecular flexibility index (Phi) is 7.06. The van der Waals surface area contributed by atoms with Gasteiger partial charge in [-0.25, -0.2) is 0 Å². The molecule has 1 spiro atoms. The maximum absolute atomic E-state index is 15.8. The van der Waals surface area contributed by atoms with E-state index in [9.17, 15) is 19.5 Å². The van der Waals surface area contributed by atoms with Gasteiger partial charge in [0.15, 0.2) is 5.60 Å². The number of halogens is 1. The fourth-order valence-corrected chi connectivity index (χ4v) is 10.1. The highest BCUT2D eigenvalue weighted by molar-refractivity contribution is 6.72. The maximum Gasteiger partial charge on any atom is 0.264 e. The van der Waals surface area contributed by atoms with Crippen molar-refractivity contribution in [3.05, 3.63) is 53.6 Å². The monoisotopic (exact) mass is 579 g/mol. The molecule has 218 valence electrons. The summed E-state index contributed by atoms with van der Waals surface area (Å²) in [6.45, 7) is 6.64. The summed E-state index contributed by atoms with van der Waals surface area (Å²) in [7, 11) is -3.31. The predicted molar refractivity (Wildman–Crippen MR) is 157 cm³/mol. The Morgan fingerprint density at radius 3 is 2.15 bits per heavy atom. The van der Waals surface area contributed by atoms with Crippen LogP contribution in [-0.4, -0.2) is 57.0 Å². The molecule has 3 amide bonds. The average molecular weight is 580 g/mol. The van der Waals surface area contributed by atoms with Crippen LogP contribution < -0.4 is 14.7 Å². The molecule has 10 heteroatoms. The Balaban J connectivity index is 1.40. The van der Waals surface area contributed by atoms with E-state index in [1.807, 2.05) is 49.4 Å². The van der Waals surface area contributed by atoms with E-state index in [1.165, 1.54) is 0 Å². The molecule has 41 heavy (non-hydrogen) atoms. The van der Waals surface area contributed by atoms with Gasteiger partial charge in [0.2, 0.25) is 20.2 Å². The zero-order chi connectivity index (χ0) is 29.1. The molecule has 0 bridgehead atoms. The number of aliphatic hydroxyl groups excluding tert-OH is 1. The van der Waals surface area contributed by atoms with E-state index in [0.717, 1.165) is 29.8 Å². The van der Waals surface area contributed by atoms with Crippen LogP contribution in [0, 0.1) is 5.92 Å². The summed E-state index contributed by atoms with van der Waals surface area (Å²) >= 11 is 0. The first kappa shape index (κ1) is 28.1. The molecule has 4 aliphatic rings. The summed E-state index contributed by atoms with van der Waals surface area (Å²) in [6, 6.07) is 13.3. The van der Waals surface area contributed by atoms with Crippen molar-refractivity contribution in [2.24, 2.45) is 5.92 Å². The number of anilines is 3. The van der Waals surface area contributed by atoms with Gasteiger partial charge in [-0.3, -0.25) is 14.4 Å². The van der Waals surface area contributed by atoms with E-state index in [2.05, 4.69) is 0 Å². The molecule has 0 aliphatic carbocycles. The molecule has 8 nitrogen and oxygen atoms in total. The number of nitrogens with zero attached hydrogens (tertiary/aromatic N) is 3.